The number of benzene rings is 1. The van der Waals surface area contributed by atoms with Gasteiger partial charge < -0.3 is 25.3 Å². The van der Waals surface area contributed by atoms with Crippen molar-refractivity contribution in [3.8, 4) is 5.75 Å². The molecule has 168 valence electrons. The van der Waals surface area contributed by atoms with Crippen molar-refractivity contribution in [1.29, 1.82) is 0 Å². The Labute approximate surface area is 180 Å². The molecule has 0 radical (unpaired) electrons. The standard InChI is InChI=1S/C19H25NO4.C4H7NO.2H2/c21-19(20-16-12-23-17-9-10-22-18(16)17)13-5-4-8-15(11-13)24-14-6-2-1-3-7-14;5-4(6)3-1-2-3;;/h4-5,8,11,14,16-18H,1-3,6-7,9-10,12H2,(H,20,21);3H,1-2H2,(H2,5,6);2*1H/t16-,17+,18+;;;/m0.../s1. The van der Waals surface area contributed by atoms with Crippen molar-refractivity contribution >= 4 is 11.8 Å². The molecule has 2 aliphatic carbocycles. The van der Waals surface area contributed by atoms with Crippen LogP contribution in [0.15, 0.2) is 24.3 Å². The van der Waals surface area contributed by atoms with E-state index in [0.29, 0.717) is 18.8 Å². The molecule has 2 saturated heterocycles. The maximum Gasteiger partial charge on any atom is 0.251 e. The average Bonchev–Trinajstić information content (AvgIpc) is 3.40. The van der Waals surface area contributed by atoms with Gasteiger partial charge >= 0.3 is 0 Å². The van der Waals surface area contributed by atoms with Crippen molar-refractivity contribution in [2.75, 3.05) is 13.2 Å². The Morgan fingerprint density at radius 2 is 1.87 bits per heavy atom. The molecular weight excluding hydrogens is 384 g/mol. The molecule has 7 heteroatoms. The molecule has 30 heavy (non-hydrogen) atoms. The van der Waals surface area contributed by atoms with Gasteiger partial charge in [0.25, 0.3) is 5.91 Å². The third kappa shape index (κ3) is 5.52. The minimum atomic E-state index is -0.130. The Morgan fingerprint density at radius 3 is 2.57 bits per heavy atom. The van der Waals surface area contributed by atoms with Gasteiger partial charge in [-0.3, -0.25) is 9.59 Å². The molecular formula is C23H36N2O5. The summed E-state index contributed by atoms with van der Waals surface area (Å²) in [5.41, 5.74) is 5.49. The van der Waals surface area contributed by atoms with Crippen molar-refractivity contribution < 1.29 is 26.7 Å². The second kappa shape index (κ2) is 9.79. The van der Waals surface area contributed by atoms with E-state index >= 15 is 0 Å². The normalized spacial score (nSPS) is 28.2. The van der Waals surface area contributed by atoms with Gasteiger partial charge in [-0.05, 0) is 63.1 Å². The topological polar surface area (TPSA) is 99.9 Å². The van der Waals surface area contributed by atoms with Gasteiger partial charge in [0, 0.05) is 20.9 Å². The number of nitrogens with two attached hydrogens (primary N) is 1. The monoisotopic (exact) mass is 420 g/mol. The highest BCUT2D eigenvalue weighted by Gasteiger charge is 2.42. The largest absolute Gasteiger partial charge is 0.490 e. The molecule has 2 heterocycles. The fourth-order valence-electron chi connectivity index (χ4n) is 4.30. The first kappa shape index (κ1) is 21.1. The number of rotatable bonds is 5. The van der Waals surface area contributed by atoms with E-state index in [1.165, 1.54) is 19.3 Å². The average molecular weight is 421 g/mol. The van der Waals surface area contributed by atoms with Crippen LogP contribution in [0.5, 0.6) is 5.75 Å². The first-order valence-corrected chi connectivity index (χ1v) is 11.2. The molecule has 5 rings (SSSR count). The van der Waals surface area contributed by atoms with Crippen LogP contribution in [0.4, 0.5) is 0 Å². The summed E-state index contributed by atoms with van der Waals surface area (Å²) >= 11 is 0. The van der Waals surface area contributed by atoms with E-state index in [1.807, 2.05) is 24.3 Å². The van der Waals surface area contributed by atoms with Crippen LogP contribution in [0.1, 0.15) is 64.6 Å². The third-order valence-electron chi connectivity index (χ3n) is 6.21. The fourth-order valence-corrected chi connectivity index (χ4v) is 4.30. The van der Waals surface area contributed by atoms with Crippen LogP contribution >= 0.6 is 0 Å². The van der Waals surface area contributed by atoms with E-state index in [2.05, 4.69) is 5.32 Å². The summed E-state index contributed by atoms with van der Waals surface area (Å²) < 4.78 is 17.4. The highest BCUT2D eigenvalue weighted by Crippen LogP contribution is 2.28. The van der Waals surface area contributed by atoms with Gasteiger partial charge in [0.15, 0.2) is 0 Å². The highest BCUT2D eigenvalue weighted by atomic mass is 16.6. The molecule has 7 nitrogen and oxygen atoms in total. The quantitative estimate of drug-likeness (QED) is 0.763. The Morgan fingerprint density at radius 1 is 1.07 bits per heavy atom. The first-order chi connectivity index (χ1) is 14.6. The predicted octanol–water partition coefficient (Wildman–Crippen LogP) is 3.06. The minimum absolute atomic E-state index is 0. The molecule has 4 fully saturated rings. The van der Waals surface area contributed by atoms with Gasteiger partial charge in [-0.25, -0.2) is 0 Å². The zero-order valence-electron chi connectivity index (χ0n) is 17.4. The van der Waals surface area contributed by atoms with E-state index in [4.69, 9.17) is 19.9 Å². The molecule has 3 atom stereocenters. The smallest absolute Gasteiger partial charge is 0.251 e. The predicted molar refractivity (Wildman–Crippen MR) is 115 cm³/mol. The Hall–Kier alpha value is -2.12. The lowest BCUT2D eigenvalue weighted by Crippen LogP contribution is -2.43. The second-order valence-corrected chi connectivity index (χ2v) is 8.66. The van der Waals surface area contributed by atoms with Crippen LogP contribution < -0.4 is 15.8 Å². The molecule has 2 aliphatic heterocycles. The highest BCUT2D eigenvalue weighted by molar-refractivity contribution is 5.94. The summed E-state index contributed by atoms with van der Waals surface area (Å²) in [5.74, 6) is 0.807. The summed E-state index contributed by atoms with van der Waals surface area (Å²) in [4.78, 5) is 22.5. The van der Waals surface area contributed by atoms with Crippen molar-refractivity contribution in [3.05, 3.63) is 29.8 Å². The van der Waals surface area contributed by atoms with Gasteiger partial charge in [-0.2, -0.15) is 0 Å². The lowest BCUT2D eigenvalue weighted by molar-refractivity contribution is -0.119. The molecule has 0 aromatic heterocycles. The van der Waals surface area contributed by atoms with Crippen LogP contribution in [0, 0.1) is 5.92 Å². The molecule has 2 saturated carbocycles. The zero-order valence-corrected chi connectivity index (χ0v) is 17.4. The number of nitrogens with one attached hydrogen (secondary N) is 1. The van der Waals surface area contributed by atoms with Crippen molar-refractivity contribution in [2.24, 2.45) is 11.7 Å². The van der Waals surface area contributed by atoms with Crippen LogP contribution in [0.25, 0.3) is 0 Å². The van der Waals surface area contributed by atoms with E-state index < -0.39 is 0 Å². The molecule has 4 aliphatic rings. The molecule has 1 aromatic rings. The maximum atomic E-state index is 12.6. The van der Waals surface area contributed by atoms with E-state index in [0.717, 1.165) is 37.9 Å². The lowest BCUT2D eigenvalue weighted by Gasteiger charge is -2.23. The van der Waals surface area contributed by atoms with Crippen LogP contribution in [-0.4, -0.2) is 49.4 Å². The van der Waals surface area contributed by atoms with Crippen molar-refractivity contribution in [1.82, 2.24) is 5.32 Å². The molecule has 0 spiro atoms. The summed E-state index contributed by atoms with van der Waals surface area (Å²) in [6, 6.07) is 7.42. The van der Waals surface area contributed by atoms with Gasteiger partial charge in [0.2, 0.25) is 5.91 Å². The van der Waals surface area contributed by atoms with Gasteiger partial charge in [-0.1, -0.05) is 12.5 Å². The number of amides is 2. The fraction of sp³-hybridized carbons (Fsp3) is 0.652. The number of carbonyl (C=O) groups excluding carboxylic acids is 2. The number of primary amides is 1. The Bertz CT molecular complexity index is 756. The van der Waals surface area contributed by atoms with E-state index in [-0.39, 0.29) is 44.9 Å². The first-order valence-electron chi connectivity index (χ1n) is 11.2. The molecule has 3 N–H and O–H groups in total. The van der Waals surface area contributed by atoms with Crippen LogP contribution in [-0.2, 0) is 14.3 Å². The zero-order chi connectivity index (χ0) is 20.9. The molecule has 0 bridgehead atoms. The number of ether oxygens (including phenoxy) is 3. The SMILES string of the molecule is NC(=O)C1CC1.O=C(N[C@H]1CO[C@@H]2CCO[C@H]12)c1cccc(OC2CCCCC2)c1.[HH].[HH]. The summed E-state index contributed by atoms with van der Waals surface area (Å²) in [7, 11) is 0. The van der Waals surface area contributed by atoms with Crippen LogP contribution in [0.3, 0.4) is 0 Å². The Balaban J connectivity index is 0.000000397. The molecule has 0 unspecified atom stereocenters. The number of hydrogen-bond donors (Lipinski definition) is 2. The third-order valence-corrected chi connectivity index (χ3v) is 6.21. The lowest BCUT2D eigenvalue weighted by atomic mass is 9.98. The summed E-state index contributed by atoms with van der Waals surface area (Å²) in [5, 5.41) is 3.05. The van der Waals surface area contributed by atoms with E-state index in [9.17, 15) is 9.59 Å². The number of carbonyl (C=O) groups is 2. The van der Waals surface area contributed by atoms with Gasteiger partial charge in [0.05, 0.1) is 24.9 Å². The summed E-state index contributed by atoms with van der Waals surface area (Å²) in [6.07, 6.45) is 9.36. The maximum absolute atomic E-state index is 12.6. The van der Waals surface area contributed by atoms with Gasteiger partial charge in [0.1, 0.15) is 11.9 Å². The number of hydrogen-bond acceptors (Lipinski definition) is 5. The van der Waals surface area contributed by atoms with Crippen molar-refractivity contribution in [2.45, 2.75) is 75.7 Å². The molecule has 2 amide bonds. The van der Waals surface area contributed by atoms with E-state index in [1.54, 1.807) is 0 Å². The van der Waals surface area contributed by atoms with Crippen molar-refractivity contribution in [3.63, 3.8) is 0 Å². The van der Waals surface area contributed by atoms with Crippen LogP contribution in [0.2, 0.25) is 0 Å². The second-order valence-electron chi connectivity index (χ2n) is 8.66. The minimum Gasteiger partial charge on any atom is -0.490 e. The Kier molecular flexibility index (Phi) is 6.89. The molecule has 1 aromatic carbocycles. The van der Waals surface area contributed by atoms with Gasteiger partial charge in [-0.15, -0.1) is 0 Å². The summed E-state index contributed by atoms with van der Waals surface area (Å²) in [6.45, 7) is 1.24. The number of fused-ring (bicyclic) bond motifs is 1.